The van der Waals surface area contributed by atoms with E-state index in [1.54, 1.807) is 26.2 Å². The molecule has 0 spiro atoms. The highest BCUT2D eigenvalue weighted by Crippen LogP contribution is 2.31. The lowest BCUT2D eigenvalue weighted by Crippen LogP contribution is -2.05. The third-order valence-corrected chi connectivity index (χ3v) is 2.78. The number of rotatable bonds is 5. The van der Waals surface area contributed by atoms with Crippen molar-refractivity contribution in [3.63, 3.8) is 0 Å². The zero-order valence-electron chi connectivity index (χ0n) is 12.3. The van der Waals surface area contributed by atoms with Crippen LogP contribution in [-0.2, 0) is 4.74 Å². The number of methoxy groups -OCH3 is 1. The van der Waals surface area contributed by atoms with E-state index in [1.165, 1.54) is 6.20 Å². The molecule has 0 fully saturated rings. The topological polar surface area (TPSA) is 57.7 Å². The largest absolute Gasteiger partial charge is 0.493 e. The normalized spacial score (nSPS) is 10.0. The van der Waals surface area contributed by atoms with Gasteiger partial charge in [0.2, 0.25) is 5.88 Å². The van der Waals surface area contributed by atoms with Crippen molar-refractivity contribution in [2.45, 2.75) is 13.8 Å². The Bertz CT molecular complexity index is 623. The van der Waals surface area contributed by atoms with E-state index in [4.69, 9.17) is 14.2 Å². The average Bonchev–Trinajstić information content (AvgIpc) is 2.50. The molecule has 0 aliphatic carbocycles. The summed E-state index contributed by atoms with van der Waals surface area (Å²) >= 11 is 0. The summed E-state index contributed by atoms with van der Waals surface area (Å²) in [6, 6.07) is 8.84. The van der Waals surface area contributed by atoms with Gasteiger partial charge in [-0.2, -0.15) is 0 Å². The third kappa shape index (κ3) is 3.72. The molecule has 21 heavy (non-hydrogen) atoms. The third-order valence-electron chi connectivity index (χ3n) is 2.78. The molecule has 0 radical (unpaired) electrons. The molecule has 1 heterocycles. The molecule has 5 heteroatoms. The first kappa shape index (κ1) is 14.8. The van der Waals surface area contributed by atoms with Crippen molar-refractivity contribution in [1.29, 1.82) is 0 Å². The SMILES string of the molecule is CCOC(=O)c1ccc(Oc2ccc(C)cc2OC)nc1. The summed E-state index contributed by atoms with van der Waals surface area (Å²) in [5.41, 5.74) is 1.46. The number of esters is 1. The Labute approximate surface area is 123 Å². The first-order valence-corrected chi connectivity index (χ1v) is 6.59. The Morgan fingerprint density at radius 2 is 2.00 bits per heavy atom. The van der Waals surface area contributed by atoms with Gasteiger partial charge in [0.15, 0.2) is 11.5 Å². The minimum absolute atomic E-state index is 0.331. The van der Waals surface area contributed by atoms with Crippen molar-refractivity contribution < 1.29 is 19.0 Å². The molecule has 110 valence electrons. The number of aryl methyl sites for hydroxylation is 1. The predicted octanol–water partition coefficient (Wildman–Crippen LogP) is 3.37. The molecule has 1 aromatic carbocycles. The molecule has 0 aliphatic rings. The van der Waals surface area contributed by atoms with Crippen LogP contribution in [-0.4, -0.2) is 24.7 Å². The van der Waals surface area contributed by atoms with Crippen molar-refractivity contribution in [3.05, 3.63) is 47.7 Å². The highest BCUT2D eigenvalue weighted by Gasteiger charge is 2.09. The van der Waals surface area contributed by atoms with Gasteiger partial charge in [-0.25, -0.2) is 9.78 Å². The molecule has 0 N–H and O–H groups in total. The minimum Gasteiger partial charge on any atom is -0.493 e. The predicted molar refractivity (Wildman–Crippen MR) is 78.0 cm³/mol. The molecule has 0 bridgehead atoms. The van der Waals surface area contributed by atoms with Gasteiger partial charge >= 0.3 is 5.97 Å². The number of hydrogen-bond donors (Lipinski definition) is 0. The summed E-state index contributed by atoms with van der Waals surface area (Å²) in [6.07, 6.45) is 1.42. The van der Waals surface area contributed by atoms with Gasteiger partial charge in [-0.15, -0.1) is 0 Å². The Morgan fingerprint density at radius 1 is 1.19 bits per heavy atom. The highest BCUT2D eigenvalue weighted by atomic mass is 16.5. The molecule has 0 atom stereocenters. The number of aromatic nitrogens is 1. The Hall–Kier alpha value is -2.56. The molecule has 0 aliphatic heterocycles. The number of benzene rings is 1. The van der Waals surface area contributed by atoms with Crippen LogP contribution in [0.15, 0.2) is 36.5 Å². The van der Waals surface area contributed by atoms with Crippen LogP contribution in [0, 0.1) is 6.92 Å². The van der Waals surface area contributed by atoms with Crippen molar-refractivity contribution in [3.8, 4) is 17.4 Å². The second kappa shape index (κ2) is 6.74. The van der Waals surface area contributed by atoms with Gasteiger partial charge in [-0.05, 0) is 37.6 Å². The minimum atomic E-state index is -0.399. The standard InChI is InChI=1S/C16H17NO4/c1-4-20-16(18)12-6-8-15(17-10-12)21-13-7-5-11(2)9-14(13)19-3/h5-10H,4H2,1-3H3. The summed E-state index contributed by atoms with van der Waals surface area (Å²) in [5.74, 6) is 1.18. The maximum Gasteiger partial charge on any atom is 0.339 e. The summed E-state index contributed by atoms with van der Waals surface area (Å²) in [5, 5.41) is 0. The molecule has 0 saturated heterocycles. The fraction of sp³-hybridized carbons (Fsp3) is 0.250. The Morgan fingerprint density at radius 3 is 2.62 bits per heavy atom. The highest BCUT2D eigenvalue weighted by molar-refractivity contribution is 5.89. The zero-order valence-corrected chi connectivity index (χ0v) is 12.3. The zero-order chi connectivity index (χ0) is 15.2. The van der Waals surface area contributed by atoms with Crippen LogP contribution >= 0.6 is 0 Å². The van der Waals surface area contributed by atoms with E-state index in [0.29, 0.717) is 29.5 Å². The second-order valence-corrected chi connectivity index (χ2v) is 4.36. The van der Waals surface area contributed by atoms with Crippen LogP contribution in [0.25, 0.3) is 0 Å². The average molecular weight is 287 g/mol. The van der Waals surface area contributed by atoms with Crippen molar-refractivity contribution >= 4 is 5.97 Å². The lowest BCUT2D eigenvalue weighted by molar-refractivity contribution is 0.0526. The summed E-state index contributed by atoms with van der Waals surface area (Å²) in [7, 11) is 1.58. The van der Waals surface area contributed by atoms with Crippen molar-refractivity contribution in [2.75, 3.05) is 13.7 Å². The molecule has 2 aromatic rings. The lowest BCUT2D eigenvalue weighted by Gasteiger charge is -2.10. The number of hydrogen-bond acceptors (Lipinski definition) is 5. The van der Waals surface area contributed by atoms with Crippen LogP contribution in [0.1, 0.15) is 22.8 Å². The van der Waals surface area contributed by atoms with Crippen molar-refractivity contribution in [2.24, 2.45) is 0 Å². The molecule has 5 nitrogen and oxygen atoms in total. The number of carbonyl (C=O) groups is 1. The van der Waals surface area contributed by atoms with Gasteiger partial charge in [0.05, 0.1) is 19.3 Å². The van der Waals surface area contributed by atoms with Gasteiger partial charge in [0, 0.05) is 12.3 Å². The van der Waals surface area contributed by atoms with E-state index < -0.39 is 5.97 Å². The van der Waals surface area contributed by atoms with Crippen LogP contribution in [0.5, 0.6) is 17.4 Å². The fourth-order valence-corrected chi connectivity index (χ4v) is 1.75. The van der Waals surface area contributed by atoms with E-state index in [2.05, 4.69) is 4.98 Å². The van der Waals surface area contributed by atoms with Crippen LogP contribution in [0.4, 0.5) is 0 Å². The molecule has 2 rings (SSSR count). The molecule has 0 saturated carbocycles. The van der Waals surface area contributed by atoms with Crippen molar-refractivity contribution in [1.82, 2.24) is 4.98 Å². The quantitative estimate of drug-likeness (QED) is 0.789. The monoisotopic (exact) mass is 287 g/mol. The van der Waals surface area contributed by atoms with Gasteiger partial charge in [-0.3, -0.25) is 0 Å². The van der Waals surface area contributed by atoms with Crippen LogP contribution in [0.2, 0.25) is 0 Å². The molecular weight excluding hydrogens is 270 g/mol. The number of carbonyl (C=O) groups excluding carboxylic acids is 1. The first-order chi connectivity index (χ1) is 10.1. The molecular formula is C16H17NO4. The molecule has 0 amide bonds. The molecule has 0 unspecified atom stereocenters. The number of ether oxygens (including phenoxy) is 3. The maximum absolute atomic E-state index is 11.5. The smallest absolute Gasteiger partial charge is 0.339 e. The lowest BCUT2D eigenvalue weighted by atomic mass is 10.2. The van der Waals surface area contributed by atoms with Gasteiger partial charge in [0.25, 0.3) is 0 Å². The maximum atomic E-state index is 11.5. The van der Waals surface area contributed by atoms with E-state index in [-0.39, 0.29) is 0 Å². The van der Waals surface area contributed by atoms with Gasteiger partial charge < -0.3 is 14.2 Å². The van der Waals surface area contributed by atoms with Gasteiger partial charge in [0.1, 0.15) is 0 Å². The van der Waals surface area contributed by atoms with Gasteiger partial charge in [-0.1, -0.05) is 6.07 Å². The number of nitrogens with zero attached hydrogens (tertiary/aromatic N) is 1. The summed E-state index contributed by atoms with van der Waals surface area (Å²) in [6.45, 7) is 4.06. The first-order valence-electron chi connectivity index (χ1n) is 6.59. The number of pyridine rings is 1. The van der Waals surface area contributed by atoms with E-state index >= 15 is 0 Å². The molecule has 1 aromatic heterocycles. The van der Waals surface area contributed by atoms with E-state index in [0.717, 1.165) is 5.56 Å². The Kier molecular flexibility index (Phi) is 4.77. The summed E-state index contributed by atoms with van der Waals surface area (Å²) < 4.78 is 15.8. The van der Waals surface area contributed by atoms with E-state index in [1.807, 2.05) is 25.1 Å². The second-order valence-electron chi connectivity index (χ2n) is 4.36. The fourth-order valence-electron chi connectivity index (χ4n) is 1.75. The van der Waals surface area contributed by atoms with Crippen LogP contribution in [0.3, 0.4) is 0 Å². The summed E-state index contributed by atoms with van der Waals surface area (Å²) in [4.78, 5) is 15.6. The Balaban J connectivity index is 2.15. The van der Waals surface area contributed by atoms with Crippen LogP contribution < -0.4 is 9.47 Å². The van der Waals surface area contributed by atoms with E-state index in [9.17, 15) is 4.79 Å².